The van der Waals surface area contributed by atoms with Crippen molar-refractivity contribution in [2.45, 2.75) is 20.3 Å². The largest absolute Gasteiger partial charge is 0.497 e. The van der Waals surface area contributed by atoms with Crippen LogP contribution in [-0.4, -0.2) is 37.9 Å². The van der Waals surface area contributed by atoms with Gasteiger partial charge < -0.3 is 19.9 Å². The maximum atomic E-state index is 11.1. The minimum absolute atomic E-state index is 0.230. The van der Waals surface area contributed by atoms with Crippen molar-refractivity contribution in [2.75, 3.05) is 32.2 Å². The Morgan fingerprint density at radius 2 is 2.10 bits per heavy atom. The van der Waals surface area contributed by atoms with Gasteiger partial charge in [-0.25, -0.2) is 4.79 Å². The molecule has 0 unspecified atom stereocenters. The van der Waals surface area contributed by atoms with Crippen LogP contribution in [0.4, 0.5) is 5.69 Å². The normalized spacial score (nSPS) is 10.6. The van der Waals surface area contributed by atoms with Crippen LogP contribution >= 0.6 is 0 Å². The molecule has 2 N–H and O–H groups in total. The molecular formula is C15H23NO4. The summed E-state index contributed by atoms with van der Waals surface area (Å²) in [6.45, 7) is 6.13. The van der Waals surface area contributed by atoms with Crippen molar-refractivity contribution in [1.82, 2.24) is 0 Å². The number of nitrogens with one attached hydrogen (secondary N) is 1. The predicted octanol–water partition coefficient (Wildman–Crippen LogP) is 2.87. The lowest BCUT2D eigenvalue weighted by molar-refractivity contribution is 0.0697. The average molecular weight is 281 g/mol. The third-order valence-corrected chi connectivity index (χ3v) is 2.86. The molecule has 0 aliphatic rings. The van der Waals surface area contributed by atoms with Gasteiger partial charge >= 0.3 is 5.97 Å². The molecule has 0 aliphatic carbocycles. The topological polar surface area (TPSA) is 67.8 Å². The lowest BCUT2D eigenvalue weighted by atomic mass is 10.1. The number of aromatic carboxylic acids is 1. The second-order valence-electron chi connectivity index (χ2n) is 4.94. The molecule has 20 heavy (non-hydrogen) atoms. The molecule has 5 nitrogen and oxygen atoms in total. The lowest BCUT2D eigenvalue weighted by Crippen LogP contribution is -2.13. The summed E-state index contributed by atoms with van der Waals surface area (Å²) in [4.78, 5) is 11.1. The van der Waals surface area contributed by atoms with Crippen molar-refractivity contribution in [1.29, 1.82) is 0 Å². The van der Waals surface area contributed by atoms with E-state index in [-0.39, 0.29) is 5.56 Å². The maximum Gasteiger partial charge on any atom is 0.337 e. The third-order valence-electron chi connectivity index (χ3n) is 2.86. The van der Waals surface area contributed by atoms with Gasteiger partial charge in [0.15, 0.2) is 0 Å². The summed E-state index contributed by atoms with van der Waals surface area (Å²) >= 11 is 0. The number of hydrogen-bond acceptors (Lipinski definition) is 4. The quantitative estimate of drug-likeness (QED) is 0.681. The molecule has 0 aliphatic heterocycles. The second kappa shape index (κ2) is 8.43. The van der Waals surface area contributed by atoms with Crippen molar-refractivity contribution in [2.24, 2.45) is 5.92 Å². The summed E-state index contributed by atoms with van der Waals surface area (Å²) < 4.78 is 10.6. The fraction of sp³-hybridized carbons (Fsp3) is 0.533. The summed E-state index contributed by atoms with van der Waals surface area (Å²) in [7, 11) is 1.55. The molecule has 0 amide bonds. The van der Waals surface area contributed by atoms with Crippen molar-refractivity contribution in [3.63, 3.8) is 0 Å². The summed E-state index contributed by atoms with van der Waals surface area (Å²) in [5.74, 6) is 0.286. The van der Waals surface area contributed by atoms with Crippen LogP contribution in [0.1, 0.15) is 30.6 Å². The Bertz CT molecular complexity index is 432. The Morgan fingerprint density at radius 1 is 1.35 bits per heavy atom. The molecule has 0 saturated carbocycles. The lowest BCUT2D eigenvalue weighted by Gasteiger charge is -2.12. The molecule has 0 atom stereocenters. The van der Waals surface area contributed by atoms with E-state index in [4.69, 9.17) is 14.6 Å². The summed E-state index contributed by atoms with van der Waals surface area (Å²) in [6.07, 6.45) is 1.03. The van der Waals surface area contributed by atoms with E-state index in [9.17, 15) is 4.79 Å². The van der Waals surface area contributed by atoms with Gasteiger partial charge in [-0.3, -0.25) is 0 Å². The molecule has 112 valence electrons. The molecule has 5 heteroatoms. The van der Waals surface area contributed by atoms with Crippen LogP contribution in [0.15, 0.2) is 18.2 Å². The van der Waals surface area contributed by atoms with Gasteiger partial charge in [0.25, 0.3) is 0 Å². The second-order valence-corrected chi connectivity index (χ2v) is 4.94. The number of methoxy groups -OCH3 is 1. The van der Waals surface area contributed by atoms with Crippen molar-refractivity contribution >= 4 is 11.7 Å². The van der Waals surface area contributed by atoms with Crippen LogP contribution in [-0.2, 0) is 4.74 Å². The van der Waals surface area contributed by atoms with Crippen LogP contribution < -0.4 is 10.1 Å². The fourth-order valence-electron chi connectivity index (χ4n) is 1.66. The van der Waals surface area contributed by atoms with Gasteiger partial charge in [-0.2, -0.15) is 0 Å². The Hall–Kier alpha value is -1.75. The Labute approximate surface area is 119 Å². The molecule has 0 radical (unpaired) electrons. The van der Waals surface area contributed by atoms with E-state index >= 15 is 0 Å². The molecule has 0 aromatic heterocycles. The smallest absolute Gasteiger partial charge is 0.337 e. The highest BCUT2D eigenvalue weighted by Crippen LogP contribution is 2.22. The summed E-state index contributed by atoms with van der Waals surface area (Å²) in [5.41, 5.74) is 0.775. The van der Waals surface area contributed by atoms with Crippen LogP contribution in [0.5, 0.6) is 5.75 Å². The zero-order valence-electron chi connectivity index (χ0n) is 12.3. The third kappa shape index (κ3) is 5.48. The van der Waals surface area contributed by atoms with Crippen LogP contribution in [0.3, 0.4) is 0 Å². The van der Waals surface area contributed by atoms with Crippen molar-refractivity contribution in [3.8, 4) is 5.75 Å². The van der Waals surface area contributed by atoms with Gasteiger partial charge in [0, 0.05) is 19.2 Å². The molecule has 0 spiro atoms. The number of carboxylic acid groups (broad SMARTS) is 1. The SMILES string of the molecule is COc1ccc(C(=O)O)c(NCCOCCC(C)C)c1. The molecule has 1 rings (SSSR count). The standard InChI is InChI=1S/C15H23NO4/c1-11(2)6-8-20-9-7-16-14-10-12(19-3)4-5-13(14)15(17)18/h4-5,10-11,16H,6-9H2,1-3H3,(H,17,18). The Balaban J connectivity index is 2.47. The first-order valence-corrected chi connectivity index (χ1v) is 6.77. The van der Waals surface area contributed by atoms with Crippen LogP contribution in [0.2, 0.25) is 0 Å². The predicted molar refractivity (Wildman–Crippen MR) is 78.7 cm³/mol. The summed E-state index contributed by atoms with van der Waals surface area (Å²) in [6, 6.07) is 4.84. The van der Waals surface area contributed by atoms with Crippen LogP contribution in [0.25, 0.3) is 0 Å². The van der Waals surface area contributed by atoms with Gasteiger partial charge in [-0.1, -0.05) is 13.8 Å². The zero-order chi connectivity index (χ0) is 15.0. The first kappa shape index (κ1) is 16.3. The number of rotatable bonds is 9. The first-order valence-electron chi connectivity index (χ1n) is 6.77. The minimum Gasteiger partial charge on any atom is -0.497 e. The Morgan fingerprint density at radius 3 is 2.70 bits per heavy atom. The number of benzene rings is 1. The number of carbonyl (C=O) groups is 1. The van der Waals surface area contributed by atoms with E-state index in [0.29, 0.717) is 30.5 Å². The number of ether oxygens (including phenoxy) is 2. The highest BCUT2D eigenvalue weighted by Gasteiger charge is 2.10. The average Bonchev–Trinajstić information content (AvgIpc) is 2.41. The van der Waals surface area contributed by atoms with Crippen molar-refractivity contribution < 1.29 is 19.4 Å². The van der Waals surface area contributed by atoms with Gasteiger partial charge in [0.2, 0.25) is 0 Å². The molecule has 1 aromatic carbocycles. The number of anilines is 1. The van der Waals surface area contributed by atoms with Gasteiger partial charge in [-0.05, 0) is 24.5 Å². The minimum atomic E-state index is -0.962. The first-order chi connectivity index (χ1) is 9.54. The molecule has 0 bridgehead atoms. The van der Waals surface area contributed by atoms with E-state index in [0.717, 1.165) is 13.0 Å². The fourth-order valence-corrected chi connectivity index (χ4v) is 1.66. The molecule has 0 saturated heterocycles. The zero-order valence-corrected chi connectivity index (χ0v) is 12.3. The van der Waals surface area contributed by atoms with Crippen LogP contribution in [0, 0.1) is 5.92 Å². The van der Waals surface area contributed by atoms with E-state index < -0.39 is 5.97 Å². The number of carboxylic acids is 1. The van der Waals surface area contributed by atoms with Gasteiger partial charge in [-0.15, -0.1) is 0 Å². The van der Waals surface area contributed by atoms with Gasteiger partial charge in [0.05, 0.1) is 25.0 Å². The molecular weight excluding hydrogens is 258 g/mol. The monoisotopic (exact) mass is 281 g/mol. The molecule has 1 aromatic rings. The summed E-state index contributed by atoms with van der Waals surface area (Å²) in [5, 5.41) is 12.2. The Kier molecular flexibility index (Phi) is 6.87. The van der Waals surface area contributed by atoms with E-state index in [1.807, 2.05) is 0 Å². The highest BCUT2D eigenvalue weighted by atomic mass is 16.5. The molecule has 0 fully saturated rings. The van der Waals surface area contributed by atoms with E-state index in [1.165, 1.54) is 6.07 Å². The highest BCUT2D eigenvalue weighted by molar-refractivity contribution is 5.94. The maximum absolute atomic E-state index is 11.1. The number of hydrogen-bond donors (Lipinski definition) is 2. The van der Waals surface area contributed by atoms with E-state index in [1.54, 1.807) is 19.2 Å². The van der Waals surface area contributed by atoms with Crippen molar-refractivity contribution in [3.05, 3.63) is 23.8 Å². The van der Waals surface area contributed by atoms with Gasteiger partial charge in [0.1, 0.15) is 5.75 Å². The molecule has 0 heterocycles. The van der Waals surface area contributed by atoms with E-state index in [2.05, 4.69) is 19.2 Å².